The molecule has 2 heterocycles. The number of benzene rings is 1. The number of halogens is 1. The van der Waals surface area contributed by atoms with Crippen LogP contribution in [0.4, 0.5) is 0 Å². The molecule has 3 aromatic rings. The molecule has 1 atom stereocenters. The average Bonchev–Trinajstić information content (AvgIpc) is 3.12. The van der Waals surface area contributed by atoms with Crippen molar-refractivity contribution in [2.45, 2.75) is 26.4 Å². The SMILES string of the molecule is CCC(Oc1ccc2c(-c3ccc(C)o3)noc2c1Cl)C(=O)O. The first kappa shape index (κ1) is 15.4. The Morgan fingerprint density at radius 1 is 1.39 bits per heavy atom. The topological polar surface area (TPSA) is 85.7 Å². The van der Waals surface area contributed by atoms with Crippen LogP contribution in [0.5, 0.6) is 5.75 Å². The maximum atomic E-state index is 11.1. The molecule has 0 saturated carbocycles. The van der Waals surface area contributed by atoms with Crippen LogP contribution >= 0.6 is 11.6 Å². The molecule has 0 fully saturated rings. The second-order valence-corrected chi connectivity index (χ2v) is 5.43. The van der Waals surface area contributed by atoms with Crippen LogP contribution in [-0.2, 0) is 4.79 Å². The van der Waals surface area contributed by atoms with Crippen molar-refractivity contribution in [2.75, 3.05) is 0 Å². The van der Waals surface area contributed by atoms with Gasteiger partial charge >= 0.3 is 5.97 Å². The van der Waals surface area contributed by atoms with E-state index in [0.29, 0.717) is 28.8 Å². The molecule has 0 aliphatic carbocycles. The fraction of sp³-hybridized carbons (Fsp3) is 0.250. The first-order valence-corrected chi connectivity index (χ1v) is 7.43. The summed E-state index contributed by atoms with van der Waals surface area (Å²) >= 11 is 6.27. The number of nitrogens with zero attached hydrogens (tertiary/aromatic N) is 1. The summed E-state index contributed by atoms with van der Waals surface area (Å²) in [6.45, 7) is 3.55. The van der Waals surface area contributed by atoms with Gasteiger partial charge in [-0.2, -0.15) is 0 Å². The molecule has 120 valence electrons. The maximum absolute atomic E-state index is 11.1. The van der Waals surface area contributed by atoms with Crippen molar-refractivity contribution in [3.05, 3.63) is 35.0 Å². The zero-order chi connectivity index (χ0) is 16.6. The van der Waals surface area contributed by atoms with Gasteiger partial charge in [-0.3, -0.25) is 0 Å². The molecule has 1 N–H and O–H groups in total. The molecule has 0 radical (unpaired) electrons. The second kappa shape index (κ2) is 5.96. The molecular weight excluding hydrogens is 322 g/mol. The summed E-state index contributed by atoms with van der Waals surface area (Å²) in [7, 11) is 0. The fourth-order valence-corrected chi connectivity index (χ4v) is 2.49. The Labute approximate surface area is 136 Å². The van der Waals surface area contributed by atoms with Gasteiger partial charge in [0, 0.05) is 0 Å². The van der Waals surface area contributed by atoms with Crippen LogP contribution in [0.1, 0.15) is 19.1 Å². The molecule has 1 unspecified atom stereocenters. The van der Waals surface area contributed by atoms with Crippen LogP contribution in [0.25, 0.3) is 22.4 Å². The Hall–Kier alpha value is -2.47. The molecule has 0 aliphatic rings. The van der Waals surface area contributed by atoms with E-state index >= 15 is 0 Å². The standard InChI is InChI=1S/C16H14ClNO5/c1-3-10(16(19)20)22-11-7-5-9-14(12-6-4-8(2)21-12)18-23-15(9)13(11)17/h4-7,10H,3H2,1-2H3,(H,19,20). The lowest BCUT2D eigenvalue weighted by Crippen LogP contribution is -2.26. The number of aryl methyl sites for hydroxylation is 1. The smallest absolute Gasteiger partial charge is 0.344 e. The lowest BCUT2D eigenvalue weighted by Gasteiger charge is -2.14. The molecule has 2 aromatic heterocycles. The maximum Gasteiger partial charge on any atom is 0.344 e. The number of aliphatic carboxylic acids is 1. The molecule has 7 heteroatoms. The van der Waals surface area contributed by atoms with Gasteiger partial charge in [-0.15, -0.1) is 0 Å². The Balaban J connectivity index is 2.02. The molecule has 23 heavy (non-hydrogen) atoms. The Morgan fingerprint density at radius 2 is 2.17 bits per heavy atom. The first-order chi connectivity index (χ1) is 11.0. The van der Waals surface area contributed by atoms with E-state index in [1.807, 2.05) is 13.0 Å². The van der Waals surface area contributed by atoms with Crippen molar-refractivity contribution in [3.63, 3.8) is 0 Å². The summed E-state index contributed by atoms with van der Waals surface area (Å²) < 4.78 is 16.3. The van der Waals surface area contributed by atoms with E-state index in [2.05, 4.69) is 5.16 Å². The molecule has 0 saturated heterocycles. The highest BCUT2D eigenvalue weighted by Gasteiger charge is 2.22. The number of fused-ring (bicyclic) bond motifs is 1. The average molecular weight is 336 g/mol. The van der Waals surface area contributed by atoms with Crippen LogP contribution in [0.3, 0.4) is 0 Å². The van der Waals surface area contributed by atoms with Gasteiger partial charge in [-0.1, -0.05) is 23.7 Å². The number of rotatable bonds is 5. The molecule has 6 nitrogen and oxygen atoms in total. The number of aromatic nitrogens is 1. The summed E-state index contributed by atoms with van der Waals surface area (Å²) in [5, 5.41) is 13.9. The Kier molecular flexibility index (Phi) is 4.00. The summed E-state index contributed by atoms with van der Waals surface area (Å²) in [5.74, 6) is 0.525. The molecule has 0 bridgehead atoms. The third-order valence-corrected chi connectivity index (χ3v) is 3.79. The van der Waals surface area contributed by atoms with Crippen molar-refractivity contribution in [2.24, 2.45) is 0 Å². The number of hydrogen-bond acceptors (Lipinski definition) is 5. The minimum atomic E-state index is -1.05. The Morgan fingerprint density at radius 3 is 2.78 bits per heavy atom. The summed E-state index contributed by atoms with van der Waals surface area (Å²) in [6, 6.07) is 6.94. The van der Waals surface area contributed by atoms with Crippen LogP contribution in [-0.4, -0.2) is 22.3 Å². The lowest BCUT2D eigenvalue weighted by molar-refractivity contribution is -0.145. The molecular formula is C16H14ClNO5. The number of hydrogen-bond donors (Lipinski definition) is 1. The third kappa shape index (κ3) is 2.77. The number of ether oxygens (including phenoxy) is 1. The highest BCUT2D eigenvalue weighted by molar-refractivity contribution is 6.36. The molecule has 1 aromatic carbocycles. The minimum absolute atomic E-state index is 0.184. The third-order valence-electron chi connectivity index (χ3n) is 3.43. The Bertz CT molecular complexity index is 867. The second-order valence-electron chi connectivity index (χ2n) is 5.05. The molecule has 0 aliphatic heterocycles. The van der Waals surface area contributed by atoms with Crippen molar-refractivity contribution in [1.29, 1.82) is 0 Å². The number of carboxylic acid groups (broad SMARTS) is 1. The number of carbonyl (C=O) groups is 1. The van der Waals surface area contributed by atoms with E-state index in [0.717, 1.165) is 5.76 Å². The van der Waals surface area contributed by atoms with E-state index in [9.17, 15) is 4.79 Å². The van der Waals surface area contributed by atoms with Gasteiger partial charge in [0.1, 0.15) is 16.5 Å². The zero-order valence-electron chi connectivity index (χ0n) is 12.5. The van der Waals surface area contributed by atoms with Crippen LogP contribution < -0.4 is 4.74 Å². The van der Waals surface area contributed by atoms with Gasteiger partial charge in [-0.25, -0.2) is 4.79 Å². The van der Waals surface area contributed by atoms with Crippen molar-refractivity contribution in [3.8, 4) is 17.2 Å². The zero-order valence-corrected chi connectivity index (χ0v) is 13.3. The van der Waals surface area contributed by atoms with Gasteiger partial charge in [-0.05, 0) is 37.6 Å². The van der Waals surface area contributed by atoms with E-state index in [-0.39, 0.29) is 10.8 Å². The van der Waals surface area contributed by atoms with E-state index in [1.165, 1.54) is 0 Å². The number of furan rings is 1. The number of carboxylic acids is 1. The van der Waals surface area contributed by atoms with Crippen LogP contribution in [0.15, 0.2) is 33.2 Å². The predicted octanol–water partition coefficient (Wildman–Crippen LogP) is 4.29. The monoisotopic (exact) mass is 335 g/mol. The van der Waals surface area contributed by atoms with E-state index in [4.69, 9.17) is 30.4 Å². The minimum Gasteiger partial charge on any atom is -0.479 e. The molecule has 0 amide bonds. The molecule has 0 spiro atoms. The fourth-order valence-electron chi connectivity index (χ4n) is 2.25. The highest BCUT2D eigenvalue weighted by atomic mass is 35.5. The lowest BCUT2D eigenvalue weighted by atomic mass is 10.1. The summed E-state index contributed by atoms with van der Waals surface area (Å²) in [4.78, 5) is 11.1. The van der Waals surface area contributed by atoms with E-state index < -0.39 is 12.1 Å². The predicted molar refractivity (Wildman–Crippen MR) is 83.8 cm³/mol. The summed E-state index contributed by atoms with van der Waals surface area (Å²) in [6.07, 6.45) is -0.656. The summed E-state index contributed by atoms with van der Waals surface area (Å²) in [5.41, 5.74) is 0.861. The largest absolute Gasteiger partial charge is 0.479 e. The van der Waals surface area contributed by atoms with Gasteiger partial charge in [0.05, 0.1) is 5.39 Å². The van der Waals surface area contributed by atoms with Gasteiger partial charge in [0.25, 0.3) is 0 Å². The van der Waals surface area contributed by atoms with Crippen molar-refractivity contribution in [1.82, 2.24) is 5.16 Å². The van der Waals surface area contributed by atoms with Gasteiger partial charge in [0.15, 0.2) is 23.1 Å². The normalized spacial score (nSPS) is 12.5. The van der Waals surface area contributed by atoms with Gasteiger partial charge < -0.3 is 18.8 Å². The highest BCUT2D eigenvalue weighted by Crippen LogP contribution is 2.38. The van der Waals surface area contributed by atoms with Crippen molar-refractivity contribution >= 4 is 28.5 Å². The quantitative estimate of drug-likeness (QED) is 0.748. The van der Waals surface area contributed by atoms with Crippen LogP contribution in [0.2, 0.25) is 5.02 Å². The van der Waals surface area contributed by atoms with E-state index in [1.54, 1.807) is 25.1 Å². The van der Waals surface area contributed by atoms with Crippen LogP contribution in [0, 0.1) is 6.92 Å². The van der Waals surface area contributed by atoms with Crippen molar-refractivity contribution < 1.29 is 23.6 Å². The first-order valence-electron chi connectivity index (χ1n) is 7.05. The molecule has 3 rings (SSSR count). The van der Waals surface area contributed by atoms with Gasteiger partial charge in [0.2, 0.25) is 0 Å².